The van der Waals surface area contributed by atoms with Gasteiger partial charge in [-0.1, -0.05) is 20.8 Å². The van der Waals surface area contributed by atoms with E-state index in [0.29, 0.717) is 4.68 Å². The molecule has 0 aromatic carbocycles. The van der Waals surface area contributed by atoms with Crippen LogP contribution in [0.25, 0.3) is 5.13 Å². The lowest BCUT2D eigenvalue weighted by molar-refractivity contribution is -0.139. The van der Waals surface area contributed by atoms with E-state index in [0.717, 1.165) is 22.8 Å². The molecule has 5 nitrogen and oxygen atoms in total. The molecule has 2 aromatic rings. The Morgan fingerprint density at radius 1 is 1.35 bits per heavy atom. The number of thiazole rings is 1. The van der Waals surface area contributed by atoms with Crippen molar-refractivity contribution >= 4 is 17.3 Å². The van der Waals surface area contributed by atoms with Gasteiger partial charge in [-0.3, -0.25) is 0 Å². The topological polar surface area (TPSA) is 68.0 Å². The van der Waals surface area contributed by atoms with E-state index in [2.05, 4.69) is 10.1 Å². The predicted molar refractivity (Wildman–Crippen MR) is 74.8 cm³/mol. The molecule has 10 heteroatoms. The molecule has 1 N–H and O–H groups in total. The van der Waals surface area contributed by atoms with Gasteiger partial charge in [-0.25, -0.2) is 23.2 Å². The monoisotopic (exact) mass is 351 g/mol. The lowest BCUT2D eigenvalue weighted by atomic mass is 9.92. The van der Waals surface area contributed by atoms with Crippen LogP contribution >= 0.6 is 11.3 Å². The van der Waals surface area contributed by atoms with Crippen LogP contribution in [0.4, 0.5) is 17.6 Å². The van der Waals surface area contributed by atoms with Crippen molar-refractivity contribution in [1.82, 2.24) is 14.8 Å². The minimum Gasteiger partial charge on any atom is -0.476 e. The van der Waals surface area contributed by atoms with Crippen LogP contribution in [-0.4, -0.2) is 32.3 Å². The van der Waals surface area contributed by atoms with Gasteiger partial charge in [-0.2, -0.15) is 13.9 Å². The first-order valence-corrected chi connectivity index (χ1v) is 7.28. The van der Waals surface area contributed by atoms with E-state index in [4.69, 9.17) is 5.11 Å². The molecule has 0 amide bonds. The molecule has 0 radical (unpaired) electrons. The molecule has 0 saturated carbocycles. The first-order valence-electron chi connectivity index (χ1n) is 6.40. The number of hydrogen-bond acceptors (Lipinski definition) is 4. The lowest BCUT2D eigenvalue weighted by Gasteiger charge is -2.15. The van der Waals surface area contributed by atoms with Crippen molar-refractivity contribution in [1.29, 1.82) is 0 Å². The Labute approximate surface area is 132 Å². The number of aromatic nitrogens is 3. The fraction of sp³-hybridized carbons (Fsp3) is 0.462. The van der Waals surface area contributed by atoms with Gasteiger partial charge in [0.25, 0.3) is 0 Å². The van der Waals surface area contributed by atoms with Crippen LogP contribution in [0.5, 0.6) is 0 Å². The SMILES string of the molecule is CC(C)(C)c1cc(C(F)(F)C(F)F)n(-c2nc(C(=O)O)cs2)n1. The van der Waals surface area contributed by atoms with Gasteiger partial charge in [0.1, 0.15) is 5.69 Å². The Hall–Kier alpha value is -1.97. The number of hydrogen-bond donors (Lipinski definition) is 1. The van der Waals surface area contributed by atoms with E-state index in [1.807, 2.05) is 0 Å². The average Bonchev–Trinajstić information content (AvgIpc) is 3.04. The molecule has 126 valence electrons. The molecule has 0 saturated heterocycles. The standard InChI is InChI=1S/C13H13F4N3O2S/c1-12(2,3)7-4-8(13(16,17)10(14)15)20(19-7)11-18-6(5-23-11)9(21)22/h4-5,10H,1-3H3,(H,21,22). The van der Waals surface area contributed by atoms with Gasteiger partial charge >= 0.3 is 18.3 Å². The summed E-state index contributed by atoms with van der Waals surface area (Å²) in [5.41, 5.74) is -1.89. The second-order valence-electron chi connectivity index (χ2n) is 5.82. The van der Waals surface area contributed by atoms with Gasteiger partial charge in [0, 0.05) is 10.8 Å². The van der Waals surface area contributed by atoms with Crippen LogP contribution in [0.15, 0.2) is 11.4 Å². The summed E-state index contributed by atoms with van der Waals surface area (Å²) in [7, 11) is 0. The molecule has 0 atom stereocenters. The van der Waals surface area contributed by atoms with E-state index in [9.17, 15) is 22.4 Å². The minimum absolute atomic E-state index is 0.167. The van der Waals surface area contributed by atoms with Crippen LogP contribution < -0.4 is 0 Å². The molecule has 0 aliphatic heterocycles. The molecule has 2 rings (SSSR count). The van der Waals surface area contributed by atoms with Gasteiger partial charge in [0.15, 0.2) is 5.69 Å². The fourth-order valence-electron chi connectivity index (χ4n) is 1.70. The van der Waals surface area contributed by atoms with E-state index >= 15 is 0 Å². The van der Waals surface area contributed by atoms with Gasteiger partial charge in [0.2, 0.25) is 5.13 Å². The van der Waals surface area contributed by atoms with Gasteiger partial charge in [0.05, 0.1) is 5.69 Å². The summed E-state index contributed by atoms with van der Waals surface area (Å²) in [6, 6.07) is 0.897. The van der Waals surface area contributed by atoms with Gasteiger partial charge in [-0.05, 0) is 6.07 Å². The van der Waals surface area contributed by atoms with E-state index in [1.54, 1.807) is 20.8 Å². The van der Waals surface area contributed by atoms with Crippen LogP contribution in [-0.2, 0) is 11.3 Å². The van der Waals surface area contributed by atoms with Crippen molar-refractivity contribution in [3.05, 3.63) is 28.5 Å². The number of alkyl halides is 4. The summed E-state index contributed by atoms with van der Waals surface area (Å²) < 4.78 is 53.7. The van der Waals surface area contributed by atoms with Crippen LogP contribution in [0.3, 0.4) is 0 Å². The second kappa shape index (κ2) is 5.59. The van der Waals surface area contributed by atoms with Crippen molar-refractivity contribution in [2.24, 2.45) is 0 Å². The first-order chi connectivity index (χ1) is 10.4. The Bertz CT molecular complexity index is 734. The van der Waals surface area contributed by atoms with Crippen LogP contribution in [0.2, 0.25) is 0 Å². The Morgan fingerprint density at radius 2 is 1.96 bits per heavy atom. The predicted octanol–water partition coefficient (Wildman–Crippen LogP) is 3.68. The van der Waals surface area contributed by atoms with E-state index in [1.165, 1.54) is 0 Å². The number of halogens is 4. The Kier molecular flexibility index (Phi) is 4.22. The van der Waals surface area contributed by atoms with E-state index < -0.39 is 29.4 Å². The zero-order valence-electron chi connectivity index (χ0n) is 12.3. The molecule has 0 aliphatic rings. The summed E-state index contributed by atoms with van der Waals surface area (Å²) in [6.07, 6.45) is -3.93. The number of carbonyl (C=O) groups is 1. The molecule has 23 heavy (non-hydrogen) atoms. The van der Waals surface area contributed by atoms with E-state index in [-0.39, 0.29) is 16.5 Å². The van der Waals surface area contributed by atoms with Crippen molar-refractivity contribution in [3.63, 3.8) is 0 Å². The van der Waals surface area contributed by atoms with Crippen molar-refractivity contribution in [2.75, 3.05) is 0 Å². The highest BCUT2D eigenvalue weighted by Crippen LogP contribution is 2.38. The smallest absolute Gasteiger partial charge is 0.355 e. The highest BCUT2D eigenvalue weighted by molar-refractivity contribution is 7.12. The molecule has 0 unspecified atom stereocenters. The van der Waals surface area contributed by atoms with Crippen molar-refractivity contribution in [3.8, 4) is 5.13 Å². The maximum absolute atomic E-state index is 13.8. The van der Waals surface area contributed by atoms with Gasteiger partial charge in [-0.15, -0.1) is 11.3 Å². The fourth-order valence-corrected chi connectivity index (χ4v) is 2.46. The summed E-state index contributed by atoms with van der Waals surface area (Å²) in [5.74, 6) is -5.79. The normalized spacial score (nSPS) is 12.9. The Balaban J connectivity index is 2.65. The van der Waals surface area contributed by atoms with Crippen LogP contribution in [0, 0.1) is 0 Å². The van der Waals surface area contributed by atoms with Crippen LogP contribution in [0.1, 0.15) is 42.6 Å². The number of carboxylic acids is 1. The minimum atomic E-state index is -4.44. The maximum Gasteiger partial charge on any atom is 0.355 e. The van der Waals surface area contributed by atoms with Crippen molar-refractivity contribution in [2.45, 2.75) is 38.5 Å². The molecule has 0 bridgehead atoms. The summed E-state index contributed by atoms with van der Waals surface area (Å²) in [4.78, 5) is 14.5. The zero-order valence-corrected chi connectivity index (χ0v) is 13.2. The highest BCUT2D eigenvalue weighted by Gasteiger charge is 2.47. The zero-order chi connectivity index (χ0) is 17.6. The molecule has 2 heterocycles. The molecular formula is C13H13F4N3O2S. The molecule has 0 aliphatic carbocycles. The highest BCUT2D eigenvalue weighted by atomic mass is 32.1. The second-order valence-corrected chi connectivity index (χ2v) is 6.66. The summed E-state index contributed by atoms with van der Waals surface area (Å²) in [5, 5.41) is 13.7. The number of aromatic carboxylic acids is 1. The molecular weight excluding hydrogens is 338 g/mol. The van der Waals surface area contributed by atoms with Gasteiger partial charge < -0.3 is 5.11 Å². The largest absolute Gasteiger partial charge is 0.476 e. The molecule has 2 aromatic heterocycles. The molecule has 0 spiro atoms. The summed E-state index contributed by atoms with van der Waals surface area (Å²) >= 11 is 0.727. The first kappa shape index (κ1) is 17.4. The number of nitrogens with zero attached hydrogens (tertiary/aromatic N) is 3. The summed E-state index contributed by atoms with van der Waals surface area (Å²) in [6.45, 7) is 5.07. The third-order valence-corrected chi connectivity index (χ3v) is 3.80. The third-order valence-electron chi connectivity index (χ3n) is 2.99. The average molecular weight is 351 g/mol. The Morgan fingerprint density at radius 3 is 2.39 bits per heavy atom. The lowest BCUT2D eigenvalue weighted by Crippen LogP contribution is -2.27. The number of rotatable bonds is 4. The molecule has 0 fully saturated rings. The quantitative estimate of drug-likeness (QED) is 0.853. The third kappa shape index (κ3) is 3.21. The number of carboxylic acid groups (broad SMARTS) is 1. The maximum atomic E-state index is 13.8. The van der Waals surface area contributed by atoms with Crippen molar-refractivity contribution < 1.29 is 27.5 Å².